The smallest absolute Gasteiger partial charge is 0.262 e. The molecule has 1 amide bonds. The maximum absolute atomic E-state index is 12.0. The molecule has 4 heteroatoms. The highest BCUT2D eigenvalue weighted by Crippen LogP contribution is 2.33. The molecule has 4 nitrogen and oxygen atoms in total. The number of carbonyl (C=O) groups excluding carboxylic acids is 1. The number of hydrogen-bond donors (Lipinski definition) is 1. The van der Waals surface area contributed by atoms with E-state index in [1.807, 2.05) is 48.5 Å². The lowest BCUT2D eigenvalue weighted by Gasteiger charge is -2.09. The van der Waals surface area contributed by atoms with Gasteiger partial charge in [-0.25, -0.2) is 0 Å². The molecule has 0 unspecified atom stereocenters. The average molecular weight is 321 g/mol. The van der Waals surface area contributed by atoms with Gasteiger partial charge in [-0.15, -0.1) is 0 Å². The lowest BCUT2D eigenvalue weighted by molar-refractivity contribution is -0.118. The number of ether oxygens (including phenoxy) is 1. The Kier molecular flexibility index (Phi) is 3.95. The lowest BCUT2D eigenvalue weighted by Crippen LogP contribution is -2.20. The first-order valence-corrected chi connectivity index (χ1v) is 8.31. The number of hydrogen-bond acceptors (Lipinski definition) is 3. The summed E-state index contributed by atoms with van der Waals surface area (Å²) in [6.45, 7) is -0.0134. The molecule has 1 aromatic heterocycles. The first kappa shape index (κ1) is 14.8. The van der Waals surface area contributed by atoms with E-state index in [9.17, 15) is 4.79 Å². The van der Waals surface area contributed by atoms with Crippen LogP contribution in [-0.4, -0.2) is 12.5 Å². The first-order valence-electron chi connectivity index (χ1n) is 8.31. The topological polar surface area (TPSA) is 51.5 Å². The van der Waals surface area contributed by atoms with Gasteiger partial charge in [-0.3, -0.25) is 4.79 Å². The van der Waals surface area contributed by atoms with Crippen LogP contribution in [0.3, 0.4) is 0 Å². The Hall–Kier alpha value is -2.75. The molecule has 4 rings (SSSR count). The standard InChI is InChI=1S/C20H19NO3/c22-20(21-14-6-2-1-3-7-14)13-23-15-10-11-19-17(12-15)16-8-4-5-9-18(16)24-19/h1-3,6-7,10-12H,4-5,8-9,13H2,(H,21,22). The van der Waals surface area contributed by atoms with Crippen LogP contribution < -0.4 is 10.1 Å². The monoisotopic (exact) mass is 321 g/mol. The molecule has 2 aromatic carbocycles. The van der Waals surface area contributed by atoms with Gasteiger partial charge in [0.2, 0.25) is 0 Å². The summed E-state index contributed by atoms with van der Waals surface area (Å²) >= 11 is 0. The maximum Gasteiger partial charge on any atom is 0.262 e. The Morgan fingerprint density at radius 2 is 1.92 bits per heavy atom. The molecule has 24 heavy (non-hydrogen) atoms. The van der Waals surface area contributed by atoms with Crippen molar-refractivity contribution in [1.29, 1.82) is 0 Å². The summed E-state index contributed by atoms with van der Waals surface area (Å²) in [4.78, 5) is 12.0. The van der Waals surface area contributed by atoms with Crippen molar-refractivity contribution < 1.29 is 13.9 Å². The van der Waals surface area contributed by atoms with Gasteiger partial charge in [-0.1, -0.05) is 18.2 Å². The molecule has 1 aliphatic carbocycles. The van der Waals surface area contributed by atoms with Gasteiger partial charge in [0.15, 0.2) is 6.61 Å². The summed E-state index contributed by atoms with van der Waals surface area (Å²) in [7, 11) is 0. The third-order valence-electron chi connectivity index (χ3n) is 4.35. The lowest BCUT2D eigenvalue weighted by atomic mass is 9.96. The van der Waals surface area contributed by atoms with Gasteiger partial charge in [0, 0.05) is 23.1 Å². The van der Waals surface area contributed by atoms with Gasteiger partial charge in [0.05, 0.1) is 0 Å². The quantitative estimate of drug-likeness (QED) is 0.778. The summed E-state index contributed by atoms with van der Waals surface area (Å²) in [5, 5.41) is 3.93. The molecule has 0 bridgehead atoms. The van der Waals surface area contributed by atoms with Gasteiger partial charge >= 0.3 is 0 Å². The predicted molar refractivity (Wildman–Crippen MR) is 93.4 cm³/mol. The van der Waals surface area contributed by atoms with Crippen molar-refractivity contribution in [3.8, 4) is 5.75 Å². The zero-order valence-corrected chi connectivity index (χ0v) is 13.4. The van der Waals surface area contributed by atoms with Gasteiger partial charge in [0.1, 0.15) is 17.1 Å². The van der Waals surface area contributed by atoms with Crippen molar-refractivity contribution in [2.75, 3.05) is 11.9 Å². The molecule has 0 radical (unpaired) electrons. The summed E-state index contributed by atoms with van der Waals surface area (Å²) in [5.74, 6) is 1.63. The molecular formula is C20H19NO3. The molecule has 0 saturated carbocycles. The van der Waals surface area contributed by atoms with E-state index in [0.29, 0.717) is 5.75 Å². The van der Waals surface area contributed by atoms with Crippen LogP contribution in [0.2, 0.25) is 0 Å². The fourth-order valence-electron chi connectivity index (χ4n) is 3.20. The Morgan fingerprint density at radius 1 is 1.08 bits per heavy atom. The van der Waals surface area contributed by atoms with Crippen molar-refractivity contribution >= 4 is 22.6 Å². The maximum atomic E-state index is 12.0. The summed E-state index contributed by atoms with van der Waals surface area (Å²) in [6, 6.07) is 15.1. The van der Waals surface area contributed by atoms with Crippen molar-refractivity contribution in [2.45, 2.75) is 25.7 Å². The number of fused-ring (bicyclic) bond motifs is 3. The van der Waals surface area contributed by atoms with E-state index in [2.05, 4.69) is 5.32 Å². The zero-order chi connectivity index (χ0) is 16.4. The highest BCUT2D eigenvalue weighted by Gasteiger charge is 2.18. The van der Waals surface area contributed by atoms with Crippen molar-refractivity contribution in [3.05, 3.63) is 59.9 Å². The molecule has 0 fully saturated rings. The molecule has 1 N–H and O–H groups in total. The number of carbonyl (C=O) groups is 1. The Labute approximate surface area is 140 Å². The molecule has 122 valence electrons. The van der Waals surface area contributed by atoms with E-state index < -0.39 is 0 Å². The predicted octanol–water partition coefficient (Wildman–Crippen LogP) is 4.33. The highest BCUT2D eigenvalue weighted by molar-refractivity contribution is 5.92. The molecule has 0 aliphatic heterocycles. The van der Waals surface area contributed by atoms with Crippen LogP contribution in [0.25, 0.3) is 11.0 Å². The fourth-order valence-corrected chi connectivity index (χ4v) is 3.20. The summed E-state index contributed by atoms with van der Waals surface area (Å²) in [6.07, 6.45) is 4.46. The average Bonchev–Trinajstić information content (AvgIpc) is 2.99. The number of aryl methyl sites for hydroxylation is 2. The second kappa shape index (κ2) is 6.40. The van der Waals surface area contributed by atoms with Gasteiger partial charge < -0.3 is 14.5 Å². The molecular weight excluding hydrogens is 302 g/mol. The molecule has 1 heterocycles. The van der Waals surface area contributed by atoms with Crippen LogP contribution in [0.4, 0.5) is 5.69 Å². The van der Waals surface area contributed by atoms with Gasteiger partial charge in [-0.2, -0.15) is 0 Å². The third-order valence-corrected chi connectivity index (χ3v) is 4.35. The molecule has 0 atom stereocenters. The number of amides is 1. The van der Waals surface area contributed by atoms with Gasteiger partial charge in [0.25, 0.3) is 5.91 Å². The fraction of sp³-hybridized carbons (Fsp3) is 0.250. The van der Waals surface area contributed by atoms with E-state index >= 15 is 0 Å². The SMILES string of the molecule is O=C(COc1ccc2oc3c(c2c1)CCCC3)Nc1ccccc1. The van der Waals surface area contributed by atoms with E-state index in [-0.39, 0.29) is 12.5 Å². The third kappa shape index (κ3) is 3.00. The molecule has 0 saturated heterocycles. The Balaban J connectivity index is 1.45. The van der Waals surface area contributed by atoms with E-state index in [4.69, 9.17) is 9.15 Å². The number of rotatable bonds is 4. The Bertz CT molecular complexity index is 867. The van der Waals surface area contributed by atoms with Crippen LogP contribution in [0.15, 0.2) is 52.9 Å². The normalized spacial score (nSPS) is 13.5. The number of benzene rings is 2. The molecule has 1 aliphatic rings. The Morgan fingerprint density at radius 3 is 2.79 bits per heavy atom. The van der Waals surface area contributed by atoms with E-state index in [0.717, 1.165) is 35.3 Å². The van der Waals surface area contributed by atoms with E-state index in [1.54, 1.807) is 0 Å². The number of para-hydroxylation sites is 1. The zero-order valence-electron chi connectivity index (χ0n) is 13.4. The van der Waals surface area contributed by atoms with Crippen LogP contribution in [0.5, 0.6) is 5.75 Å². The molecule has 3 aromatic rings. The second-order valence-electron chi connectivity index (χ2n) is 6.07. The van der Waals surface area contributed by atoms with Crippen molar-refractivity contribution in [1.82, 2.24) is 0 Å². The van der Waals surface area contributed by atoms with E-state index in [1.165, 1.54) is 18.4 Å². The largest absolute Gasteiger partial charge is 0.484 e. The number of nitrogens with one attached hydrogen (secondary N) is 1. The van der Waals surface area contributed by atoms with Crippen LogP contribution in [0.1, 0.15) is 24.2 Å². The van der Waals surface area contributed by atoms with Crippen molar-refractivity contribution in [3.63, 3.8) is 0 Å². The second-order valence-corrected chi connectivity index (χ2v) is 6.07. The summed E-state index contributed by atoms with van der Waals surface area (Å²) < 4.78 is 11.6. The highest BCUT2D eigenvalue weighted by atomic mass is 16.5. The molecule has 0 spiro atoms. The minimum Gasteiger partial charge on any atom is -0.484 e. The van der Waals surface area contributed by atoms with Crippen molar-refractivity contribution in [2.24, 2.45) is 0 Å². The van der Waals surface area contributed by atoms with Crippen LogP contribution in [0, 0.1) is 0 Å². The number of anilines is 1. The summed E-state index contributed by atoms with van der Waals surface area (Å²) in [5.41, 5.74) is 2.98. The number of furan rings is 1. The van der Waals surface area contributed by atoms with Crippen LogP contribution >= 0.6 is 0 Å². The first-order chi connectivity index (χ1) is 11.8. The minimum absolute atomic E-state index is 0.0134. The van der Waals surface area contributed by atoms with Crippen LogP contribution in [-0.2, 0) is 17.6 Å². The van der Waals surface area contributed by atoms with Gasteiger partial charge in [-0.05, 0) is 49.6 Å². The minimum atomic E-state index is -0.171.